The summed E-state index contributed by atoms with van der Waals surface area (Å²) in [6.45, 7) is 3.57. The molecule has 0 aliphatic heterocycles. The van der Waals surface area contributed by atoms with Gasteiger partial charge in [0.2, 0.25) is 5.91 Å². The number of ether oxygens (including phenoxy) is 2. The van der Waals surface area contributed by atoms with Gasteiger partial charge >= 0.3 is 6.36 Å². The average molecular weight is 480 g/mol. The molecule has 1 atom stereocenters. The number of nitrogens with two attached hydrogens (primary N) is 1. The van der Waals surface area contributed by atoms with Crippen LogP contribution in [0.4, 0.5) is 17.6 Å². The predicted molar refractivity (Wildman–Crippen MR) is 117 cm³/mol. The maximum Gasteiger partial charge on any atom is 0.573 e. The van der Waals surface area contributed by atoms with Crippen molar-refractivity contribution in [2.45, 2.75) is 45.4 Å². The molecule has 10 heteroatoms. The fourth-order valence-corrected chi connectivity index (χ4v) is 4.06. The second-order valence-electron chi connectivity index (χ2n) is 7.81. The van der Waals surface area contributed by atoms with E-state index in [9.17, 15) is 27.2 Å². The van der Waals surface area contributed by atoms with E-state index in [0.29, 0.717) is 29.5 Å². The van der Waals surface area contributed by atoms with E-state index >= 15 is 0 Å². The number of hydrogen-bond donors (Lipinski definition) is 1. The Hall–Kier alpha value is -3.56. The third-order valence-electron chi connectivity index (χ3n) is 5.60. The van der Waals surface area contributed by atoms with Gasteiger partial charge in [-0.15, -0.1) is 13.2 Å². The van der Waals surface area contributed by atoms with Gasteiger partial charge in [-0.25, -0.2) is 4.39 Å². The Morgan fingerprint density at radius 1 is 1.15 bits per heavy atom. The highest BCUT2D eigenvalue weighted by molar-refractivity contribution is 6.05. The number of halogens is 4. The molecule has 34 heavy (non-hydrogen) atoms. The Labute approximate surface area is 193 Å². The SMILES string of the molecule is CCCCC(C(N)=O)c1c(C)n(C(=O)c2ccc(OC(F)(F)F)cc2)c2cc(F)c(OC)cc12. The highest BCUT2D eigenvalue weighted by Crippen LogP contribution is 2.38. The van der Waals surface area contributed by atoms with E-state index in [1.165, 1.54) is 29.9 Å². The minimum atomic E-state index is -4.87. The predicted octanol–water partition coefficient (Wildman–Crippen LogP) is 5.44. The van der Waals surface area contributed by atoms with Crippen molar-refractivity contribution in [3.05, 3.63) is 59.0 Å². The third-order valence-corrected chi connectivity index (χ3v) is 5.60. The molecule has 1 aromatic heterocycles. The van der Waals surface area contributed by atoms with Crippen molar-refractivity contribution in [1.82, 2.24) is 4.57 Å². The highest BCUT2D eigenvalue weighted by Gasteiger charge is 2.32. The fraction of sp³-hybridized carbons (Fsp3) is 0.333. The molecule has 0 aliphatic carbocycles. The molecular weight excluding hydrogens is 456 g/mol. The summed E-state index contributed by atoms with van der Waals surface area (Å²) in [6, 6.07) is 6.92. The van der Waals surface area contributed by atoms with Gasteiger partial charge < -0.3 is 15.2 Å². The molecule has 0 saturated heterocycles. The lowest BCUT2D eigenvalue weighted by Crippen LogP contribution is -2.22. The van der Waals surface area contributed by atoms with E-state index in [1.807, 2.05) is 6.92 Å². The summed E-state index contributed by atoms with van der Waals surface area (Å²) in [7, 11) is 1.30. The van der Waals surface area contributed by atoms with Gasteiger partial charge in [0.1, 0.15) is 5.75 Å². The molecule has 0 aliphatic rings. The lowest BCUT2D eigenvalue weighted by Gasteiger charge is -2.15. The molecule has 3 rings (SSSR count). The normalized spacial score (nSPS) is 12.6. The molecule has 0 bridgehead atoms. The van der Waals surface area contributed by atoms with Crippen LogP contribution in [0, 0.1) is 12.7 Å². The second-order valence-corrected chi connectivity index (χ2v) is 7.81. The molecule has 0 fully saturated rings. The number of nitrogens with zero attached hydrogens (tertiary/aromatic N) is 1. The minimum Gasteiger partial charge on any atom is -0.494 e. The molecule has 1 unspecified atom stereocenters. The molecular formula is C24H24F4N2O4. The number of carbonyl (C=O) groups is 2. The van der Waals surface area contributed by atoms with Gasteiger partial charge in [-0.05, 0) is 49.2 Å². The van der Waals surface area contributed by atoms with Crippen molar-refractivity contribution in [2.75, 3.05) is 7.11 Å². The van der Waals surface area contributed by atoms with Crippen LogP contribution < -0.4 is 15.2 Å². The molecule has 1 amide bonds. The van der Waals surface area contributed by atoms with Crippen LogP contribution in [0.25, 0.3) is 10.9 Å². The average Bonchev–Trinajstić information content (AvgIpc) is 3.03. The van der Waals surface area contributed by atoms with Gasteiger partial charge in [-0.1, -0.05) is 19.8 Å². The third kappa shape index (κ3) is 5.00. The molecule has 2 aromatic carbocycles. The van der Waals surface area contributed by atoms with Crippen molar-refractivity contribution in [1.29, 1.82) is 0 Å². The largest absolute Gasteiger partial charge is 0.573 e. The van der Waals surface area contributed by atoms with Gasteiger partial charge in [0.15, 0.2) is 11.6 Å². The Bertz CT molecular complexity index is 1220. The number of alkyl halides is 3. The quantitative estimate of drug-likeness (QED) is 0.435. The molecule has 1 heterocycles. The smallest absolute Gasteiger partial charge is 0.494 e. The maximum absolute atomic E-state index is 14.6. The summed E-state index contributed by atoms with van der Waals surface area (Å²) in [5.74, 6) is -3.19. The van der Waals surface area contributed by atoms with Crippen LogP contribution in [0.1, 0.15) is 53.7 Å². The van der Waals surface area contributed by atoms with Crippen LogP contribution in [-0.2, 0) is 4.79 Å². The van der Waals surface area contributed by atoms with Gasteiger partial charge in [-0.3, -0.25) is 14.2 Å². The molecule has 0 saturated carbocycles. The van der Waals surface area contributed by atoms with E-state index in [2.05, 4.69) is 4.74 Å². The number of aromatic nitrogens is 1. The van der Waals surface area contributed by atoms with E-state index < -0.39 is 35.7 Å². The summed E-state index contributed by atoms with van der Waals surface area (Å²) in [6.07, 6.45) is -2.92. The summed E-state index contributed by atoms with van der Waals surface area (Å²) in [5.41, 5.74) is 6.78. The Morgan fingerprint density at radius 3 is 2.32 bits per heavy atom. The molecule has 0 radical (unpaired) electrons. The first kappa shape index (κ1) is 25.1. The number of carbonyl (C=O) groups excluding carboxylic acids is 2. The lowest BCUT2D eigenvalue weighted by molar-refractivity contribution is -0.274. The van der Waals surface area contributed by atoms with Gasteiger partial charge in [0, 0.05) is 22.7 Å². The minimum absolute atomic E-state index is 0.0430. The van der Waals surface area contributed by atoms with Crippen LogP contribution in [0.15, 0.2) is 36.4 Å². The monoisotopic (exact) mass is 480 g/mol. The van der Waals surface area contributed by atoms with Crippen molar-refractivity contribution in [3.63, 3.8) is 0 Å². The summed E-state index contributed by atoms with van der Waals surface area (Å²) < 4.78 is 62.1. The Kier molecular flexibility index (Phi) is 7.18. The van der Waals surface area contributed by atoms with Crippen molar-refractivity contribution >= 4 is 22.7 Å². The summed E-state index contributed by atoms with van der Waals surface area (Å²) in [5, 5.41) is 0.432. The standard InChI is InChI=1S/C24H24F4N2O4/c1-4-5-6-16(22(29)31)21-13(2)30(19-12-18(25)20(33-3)11-17(19)21)23(32)14-7-9-15(10-8-14)34-24(26,27)28/h7-12,16H,4-6H2,1-3H3,(H2,29,31). The zero-order chi connectivity index (χ0) is 25.2. The molecule has 2 N–H and O–H groups in total. The van der Waals surface area contributed by atoms with Gasteiger partial charge in [-0.2, -0.15) is 0 Å². The number of benzene rings is 2. The number of amides is 1. The first-order chi connectivity index (χ1) is 16.0. The number of fused-ring (bicyclic) bond motifs is 1. The van der Waals surface area contributed by atoms with Gasteiger partial charge in [0.25, 0.3) is 5.91 Å². The molecule has 6 nitrogen and oxygen atoms in total. The lowest BCUT2D eigenvalue weighted by atomic mass is 9.90. The van der Waals surface area contributed by atoms with Crippen molar-refractivity contribution < 1.29 is 36.6 Å². The first-order valence-corrected chi connectivity index (χ1v) is 10.6. The Morgan fingerprint density at radius 2 is 1.79 bits per heavy atom. The van der Waals surface area contributed by atoms with E-state index in [1.54, 1.807) is 6.92 Å². The van der Waals surface area contributed by atoms with E-state index in [0.717, 1.165) is 24.6 Å². The number of unbranched alkanes of at least 4 members (excludes halogenated alkanes) is 1. The zero-order valence-corrected chi connectivity index (χ0v) is 18.8. The van der Waals surface area contributed by atoms with E-state index in [-0.39, 0.29) is 16.8 Å². The van der Waals surface area contributed by atoms with Crippen molar-refractivity contribution in [2.24, 2.45) is 5.73 Å². The first-order valence-electron chi connectivity index (χ1n) is 10.6. The molecule has 0 spiro atoms. The summed E-state index contributed by atoms with van der Waals surface area (Å²) in [4.78, 5) is 25.7. The second kappa shape index (κ2) is 9.74. The van der Waals surface area contributed by atoms with Crippen LogP contribution in [0.3, 0.4) is 0 Å². The van der Waals surface area contributed by atoms with E-state index in [4.69, 9.17) is 10.5 Å². The summed E-state index contributed by atoms with van der Waals surface area (Å²) >= 11 is 0. The maximum atomic E-state index is 14.6. The number of methoxy groups -OCH3 is 1. The number of hydrogen-bond acceptors (Lipinski definition) is 4. The van der Waals surface area contributed by atoms with Crippen LogP contribution in [0.5, 0.6) is 11.5 Å². The zero-order valence-electron chi connectivity index (χ0n) is 18.8. The van der Waals surface area contributed by atoms with Crippen molar-refractivity contribution in [3.8, 4) is 11.5 Å². The highest BCUT2D eigenvalue weighted by atomic mass is 19.4. The fourth-order valence-electron chi connectivity index (χ4n) is 4.06. The van der Waals surface area contributed by atoms with Crippen LogP contribution in [0.2, 0.25) is 0 Å². The van der Waals surface area contributed by atoms with Crippen LogP contribution in [-0.4, -0.2) is 29.9 Å². The molecule has 3 aromatic rings. The molecule has 182 valence electrons. The Balaban J connectivity index is 2.19. The topological polar surface area (TPSA) is 83.6 Å². The van der Waals surface area contributed by atoms with Gasteiger partial charge in [0.05, 0.1) is 18.5 Å². The number of primary amides is 1. The number of rotatable bonds is 8. The van der Waals surface area contributed by atoms with Crippen LogP contribution >= 0.6 is 0 Å².